The van der Waals surface area contributed by atoms with E-state index in [9.17, 15) is 18.0 Å². The number of hydrogen-bond donors (Lipinski definition) is 1. The van der Waals surface area contributed by atoms with Crippen molar-refractivity contribution >= 4 is 21.7 Å². The van der Waals surface area contributed by atoms with Gasteiger partial charge in [0.25, 0.3) is 0 Å². The summed E-state index contributed by atoms with van der Waals surface area (Å²) in [5.41, 5.74) is 0. The third-order valence-corrected chi connectivity index (χ3v) is 3.55. The second kappa shape index (κ2) is 5.48. The Morgan fingerprint density at radius 2 is 1.82 bits per heavy atom. The lowest BCUT2D eigenvalue weighted by molar-refractivity contribution is -0.145. The van der Waals surface area contributed by atoms with E-state index in [0.717, 1.165) is 31.9 Å². The Bertz CT molecular complexity index is 397. The highest BCUT2D eigenvalue weighted by atomic mass is 32.2. The molecule has 0 unspecified atom stereocenters. The standard InChI is InChI=1S/C10H17NO5S/c1-17(15,16)7-9(12)11(6-10(13)14)8-4-2-3-5-8/h8H,2-7H2,1H3,(H,13,14). The molecule has 0 atom stereocenters. The van der Waals surface area contributed by atoms with Gasteiger partial charge in [-0.15, -0.1) is 0 Å². The predicted octanol–water partition coefficient (Wildman–Crippen LogP) is -0.113. The smallest absolute Gasteiger partial charge is 0.323 e. The zero-order valence-electron chi connectivity index (χ0n) is 9.76. The lowest BCUT2D eigenvalue weighted by Gasteiger charge is -2.27. The number of carboxylic acid groups (broad SMARTS) is 1. The fraction of sp³-hybridized carbons (Fsp3) is 0.800. The van der Waals surface area contributed by atoms with Gasteiger partial charge in [0.2, 0.25) is 5.91 Å². The molecule has 7 heteroatoms. The lowest BCUT2D eigenvalue weighted by atomic mass is 10.2. The molecule has 17 heavy (non-hydrogen) atoms. The van der Waals surface area contributed by atoms with E-state index in [1.165, 1.54) is 4.90 Å². The minimum atomic E-state index is -3.42. The number of carbonyl (C=O) groups excluding carboxylic acids is 1. The molecule has 1 rings (SSSR count). The van der Waals surface area contributed by atoms with Crippen LogP contribution in [0.2, 0.25) is 0 Å². The van der Waals surface area contributed by atoms with Gasteiger partial charge in [-0.25, -0.2) is 8.42 Å². The number of rotatable bonds is 5. The highest BCUT2D eigenvalue weighted by molar-refractivity contribution is 7.91. The molecule has 1 saturated carbocycles. The highest BCUT2D eigenvalue weighted by Gasteiger charge is 2.29. The Morgan fingerprint density at radius 3 is 2.24 bits per heavy atom. The van der Waals surface area contributed by atoms with Crippen molar-refractivity contribution in [3.05, 3.63) is 0 Å². The summed E-state index contributed by atoms with van der Waals surface area (Å²) in [6.07, 6.45) is 4.38. The van der Waals surface area contributed by atoms with E-state index < -0.39 is 34.0 Å². The van der Waals surface area contributed by atoms with Gasteiger partial charge in [0.15, 0.2) is 9.84 Å². The summed E-state index contributed by atoms with van der Waals surface area (Å²) >= 11 is 0. The maximum atomic E-state index is 11.8. The fourth-order valence-corrected chi connectivity index (χ4v) is 2.70. The van der Waals surface area contributed by atoms with Crippen LogP contribution < -0.4 is 0 Å². The molecule has 0 aromatic rings. The van der Waals surface area contributed by atoms with Gasteiger partial charge in [0.05, 0.1) is 0 Å². The van der Waals surface area contributed by atoms with E-state index in [1.54, 1.807) is 0 Å². The summed E-state index contributed by atoms with van der Waals surface area (Å²) in [5, 5.41) is 8.75. The van der Waals surface area contributed by atoms with Gasteiger partial charge < -0.3 is 10.0 Å². The van der Waals surface area contributed by atoms with E-state index in [1.807, 2.05) is 0 Å². The van der Waals surface area contributed by atoms with Crippen LogP contribution >= 0.6 is 0 Å². The number of aliphatic carboxylic acids is 1. The molecule has 0 saturated heterocycles. The number of carboxylic acids is 1. The van der Waals surface area contributed by atoms with Crippen LogP contribution in [0.5, 0.6) is 0 Å². The molecule has 0 heterocycles. The first-order chi connectivity index (χ1) is 7.79. The molecule has 0 aromatic carbocycles. The van der Waals surface area contributed by atoms with Gasteiger partial charge in [-0.2, -0.15) is 0 Å². The molecule has 0 bridgehead atoms. The van der Waals surface area contributed by atoms with Crippen LogP contribution in [-0.2, 0) is 19.4 Å². The van der Waals surface area contributed by atoms with Crippen LogP contribution in [0.4, 0.5) is 0 Å². The Labute approximate surface area is 101 Å². The average molecular weight is 263 g/mol. The van der Waals surface area contributed by atoms with Crippen molar-refractivity contribution in [2.75, 3.05) is 18.6 Å². The Kier molecular flexibility index (Phi) is 4.50. The highest BCUT2D eigenvalue weighted by Crippen LogP contribution is 2.23. The summed E-state index contributed by atoms with van der Waals surface area (Å²) in [6, 6.07) is -0.125. The summed E-state index contributed by atoms with van der Waals surface area (Å²) in [5.74, 6) is -2.34. The minimum absolute atomic E-state index is 0.125. The molecular formula is C10H17NO5S. The number of nitrogens with zero attached hydrogens (tertiary/aromatic N) is 1. The summed E-state index contributed by atoms with van der Waals surface area (Å²) < 4.78 is 22.1. The van der Waals surface area contributed by atoms with Crippen molar-refractivity contribution in [1.29, 1.82) is 0 Å². The fourth-order valence-electron chi connectivity index (χ4n) is 2.09. The van der Waals surface area contributed by atoms with Crippen molar-refractivity contribution < 1.29 is 23.1 Å². The van der Waals surface area contributed by atoms with Gasteiger partial charge in [-0.05, 0) is 12.8 Å². The molecule has 1 aliphatic rings. The van der Waals surface area contributed by atoms with Gasteiger partial charge in [0, 0.05) is 12.3 Å². The molecule has 6 nitrogen and oxygen atoms in total. The van der Waals surface area contributed by atoms with Crippen molar-refractivity contribution in [3.63, 3.8) is 0 Å². The number of hydrogen-bond acceptors (Lipinski definition) is 4. The molecule has 0 spiro atoms. The van der Waals surface area contributed by atoms with Gasteiger partial charge in [-0.3, -0.25) is 9.59 Å². The van der Waals surface area contributed by atoms with Gasteiger partial charge >= 0.3 is 5.97 Å². The van der Waals surface area contributed by atoms with Crippen LogP contribution in [-0.4, -0.2) is 54.9 Å². The molecule has 1 N–H and O–H groups in total. The first kappa shape index (κ1) is 14.0. The SMILES string of the molecule is CS(=O)(=O)CC(=O)N(CC(=O)O)C1CCCC1. The van der Waals surface area contributed by atoms with E-state index in [4.69, 9.17) is 5.11 Å². The quantitative estimate of drug-likeness (QED) is 0.747. The molecule has 0 aliphatic heterocycles. The van der Waals surface area contributed by atoms with Gasteiger partial charge in [0.1, 0.15) is 12.3 Å². The second-order valence-electron chi connectivity index (χ2n) is 4.42. The average Bonchev–Trinajstić information content (AvgIpc) is 2.63. The van der Waals surface area contributed by atoms with Crippen molar-refractivity contribution in [2.24, 2.45) is 0 Å². The van der Waals surface area contributed by atoms with E-state index in [0.29, 0.717) is 0 Å². The predicted molar refractivity (Wildman–Crippen MR) is 61.3 cm³/mol. The Hall–Kier alpha value is -1.11. The normalized spacial score (nSPS) is 17.0. The first-order valence-corrected chi connectivity index (χ1v) is 7.54. The number of carbonyl (C=O) groups is 2. The Balaban J connectivity index is 2.74. The summed E-state index contributed by atoms with van der Waals surface area (Å²) in [6.45, 7) is -0.418. The van der Waals surface area contributed by atoms with Crippen LogP contribution in [0.1, 0.15) is 25.7 Å². The maximum absolute atomic E-state index is 11.8. The largest absolute Gasteiger partial charge is 0.480 e. The molecule has 1 fully saturated rings. The van der Waals surface area contributed by atoms with Crippen LogP contribution in [0.3, 0.4) is 0 Å². The summed E-state index contributed by atoms with van der Waals surface area (Å²) in [7, 11) is -3.42. The molecule has 0 radical (unpaired) electrons. The number of amides is 1. The third-order valence-electron chi connectivity index (χ3n) is 2.78. The van der Waals surface area contributed by atoms with Gasteiger partial charge in [-0.1, -0.05) is 12.8 Å². The van der Waals surface area contributed by atoms with E-state index in [2.05, 4.69) is 0 Å². The minimum Gasteiger partial charge on any atom is -0.480 e. The monoisotopic (exact) mass is 263 g/mol. The second-order valence-corrected chi connectivity index (χ2v) is 6.56. The molecule has 98 valence electrons. The first-order valence-electron chi connectivity index (χ1n) is 5.48. The lowest BCUT2D eigenvalue weighted by Crippen LogP contribution is -2.44. The topological polar surface area (TPSA) is 91.8 Å². The maximum Gasteiger partial charge on any atom is 0.323 e. The molecule has 1 aliphatic carbocycles. The van der Waals surface area contributed by atoms with E-state index >= 15 is 0 Å². The number of sulfone groups is 1. The third kappa shape index (κ3) is 4.72. The van der Waals surface area contributed by atoms with Crippen LogP contribution in [0, 0.1) is 0 Å². The summed E-state index contributed by atoms with van der Waals surface area (Å²) in [4.78, 5) is 23.6. The molecule has 0 aromatic heterocycles. The van der Waals surface area contributed by atoms with Crippen molar-refractivity contribution in [3.8, 4) is 0 Å². The zero-order chi connectivity index (χ0) is 13.1. The van der Waals surface area contributed by atoms with Crippen molar-refractivity contribution in [1.82, 2.24) is 4.90 Å². The Morgan fingerprint density at radius 1 is 1.29 bits per heavy atom. The zero-order valence-corrected chi connectivity index (χ0v) is 10.6. The molecular weight excluding hydrogens is 246 g/mol. The molecule has 1 amide bonds. The van der Waals surface area contributed by atoms with Crippen LogP contribution in [0.25, 0.3) is 0 Å². The van der Waals surface area contributed by atoms with E-state index in [-0.39, 0.29) is 6.04 Å². The van der Waals surface area contributed by atoms with Crippen molar-refractivity contribution in [2.45, 2.75) is 31.7 Å². The van der Waals surface area contributed by atoms with Crippen LogP contribution in [0.15, 0.2) is 0 Å².